The van der Waals surface area contributed by atoms with Crippen molar-refractivity contribution in [2.24, 2.45) is 0 Å². The molecule has 0 unspecified atom stereocenters. The van der Waals surface area contributed by atoms with Crippen molar-refractivity contribution in [2.75, 3.05) is 0 Å². The second-order valence-electron chi connectivity index (χ2n) is 2.66. The molecule has 0 aromatic carbocycles. The summed E-state index contributed by atoms with van der Waals surface area (Å²) in [5.41, 5.74) is -3.27. The van der Waals surface area contributed by atoms with E-state index in [0.29, 0.717) is 6.20 Å². The van der Waals surface area contributed by atoms with Crippen LogP contribution in [0.4, 0.5) is 22.0 Å². The van der Waals surface area contributed by atoms with Crippen molar-refractivity contribution in [2.45, 2.75) is 12.6 Å². The molecule has 0 amide bonds. The van der Waals surface area contributed by atoms with Gasteiger partial charge in [-0.3, -0.25) is 4.98 Å². The molecule has 1 rings (SSSR count). The zero-order chi connectivity index (χ0) is 12.5. The maximum Gasteiger partial charge on any atom is 0.418 e. The molecule has 1 aromatic heterocycles. The molecule has 0 atom stereocenters. The van der Waals surface area contributed by atoms with E-state index in [0.717, 1.165) is 0 Å². The number of aromatic nitrogens is 1. The SMILES string of the molecule is N#Cc1cnc(C(F)F)c(Br)c1C(F)(F)F. The minimum atomic E-state index is -4.89. The molecule has 8 heteroatoms. The Labute approximate surface area is 94.8 Å². The molecule has 0 radical (unpaired) electrons. The number of nitrogens with zero attached hydrogens (tertiary/aromatic N) is 2. The van der Waals surface area contributed by atoms with Crippen molar-refractivity contribution >= 4 is 15.9 Å². The molecule has 16 heavy (non-hydrogen) atoms. The Hall–Kier alpha value is -1.23. The van der Waals surface area contributed by atoms with Crippen LogP contribution in [0.2, 0.25) is 0 Å². The first-order valence-corrected chi connectivity index (χ1v) is 4.52. The van der Waals surface area contributed by atoms with Crippen molar-refractivity contribution < 1.29 is 22.0 Å². The van der Waals surface area contributed by atoms with E-state index < -0.39 is 33.9 Å². The fraction of sp³-hybridized carbons (Fsp3) is 0.250. The highest BCUT2D eigenvalue weighted by Gasteiger charge is 2.38. The topological polar surface area (TPSA) is 36.7 Å². The van der Waals surface area contributed by atoms with Crippen LogP contribution in [-0.2, 0) is 6.18 Å². The zero-order valence-corrected chi connectivity index (χ0v) is 8.90. The summed E-state index contributed by atoms with van der Waals surface area (Å²) >= 11 is 2.40. The van der Waals surface area contributed by atoms with Gasteiger partial charge < -0.3 is 0 Å². The van der Waals surface area contributed by atoms with Crippen LogP contribution in [0.3, 0.4) is 0 Å². The molecule has 0 aliphatic rings. The molecule has 0 saturated heterocycles. The predicted octanol–water partition coefficient (Wildman–Crippen LogP) is 3.67. The molecule has 0 saturated carbocycles. The highest BCUT2D eigenvalue weighted by atomic mass is 79.9. The van der Waals surface area contributed by atoms with Gasteiger partial charge >= 0.3 is 6.18 Å². The summed E-state index contributed by atoms with van der Waals surface area (Å²) in [5, 5.41) is 8.44. The summed E-state index contributed by atoms with van der Waals surface area (Å²) in [7, 11) is 0. The van der Waals surface area contributed by atoms with E-state index in [1.807, 2.05) is 0 Å². The average Bonchev–Trinajstić information content (AvgIpc) is 2.14. The molecule has 0 bridgehead atoms. The quantitative estimate of drug-likeness (QED) is 0.742. The fourth-order valence-electron chi connectivity index (χ4n) is 1.02. The smallest absolute Gasteiger partial charge is 0.253 e. The van der Waals surface area contributed by atoms with E-state index in [2.05, 4.69) is 20.9 Å². The van der Waals surface area contributed by atoms with Crippen LogP contribution in [0.15, 0.2) is 10.7 Å². The number of pyridine rings is 1. The third-order valence-electron chi connectivity index (χ3n) is 1.66. The summed E-state index contributed by atoms with van der Waals surface area (Å²) in [5.74, 6) is 0. The molecule has 0 spiro atoms. The third kappa shape index (κ3) is 2.29. The number of alkyl halides is 5. The van der Waals surface area contributed by atoms with Crippen molar-refractivity contribution in [3.05, 3.63) is 27.5 Å². The van der Waals surface area contributed by atoms with Crippen LogP contribution in [0.1, 0.15) is 23.2 Å². The van der Waals surface area contributed by atoms with Crippen molar-refractivity contribution in [1.82, 2.24) is 4.98 Å². The van der Waals surface area contributed by atoms with Crippen molar-refractivity contribution in [3.63, 3.8) is 0 Å². The van der Waals surface area contributed by atoms with Gasteiger partial charge in [-0.25, -0.2) is 8.78 Å². The van der Waals surface area contributed by atoms with Gasteiger partial charge in [0.15, 0.2) is 0 Å². The molecule has 2 nitrogen and oxygen atoms in total. The lowest BCUT2D eigenvalue weighted by molar-refractivity contribution is -0.138. The van der Waals surface area contributed by atoms with E-state index in [-0.39, 0.29) is 0 Å². The summed E-state index contributed by atoms with van der Waals surface area (Å²) in [6.45, 7) is 0. The average molecular weight is 301 g/mol. The van der Waals surface area contributed by atoms with Gasteiger partial charge in [-0.2, -0.15) is 18.4 Å². The molecule has 0 aliphatic heterocycles. The van der Waals surface area contributed by atoms with Crippen LogP contribution >= 0.6 is 15.9 Å². The monoisotopic (exact) mass is 300 g/mol. The third-order valence-corrected chi connectivity index (χ3v) is 2.46. The van der Waals surface area contributed by atoms with E-state index in [4.69, 9.17) is 5.26 Å². The maximum atomic E-state index is 12.5. The van der Waals surface area contributed by atoms with Crippen LogP contribution in [0, 0.1) is 11.3 Å². The Morgan fingerprint density at radius 1 is 1.38 bits per heavy atom. The highest BCUT2D eigenvalue weighted by molar-refractivity contribution is 9.10. The van der Waals surface area contributed by atoms with Gasteiger partial charge in [0.05, 0.1) is 15.6 Å². The summed E-state index contributed by atoms with van der Waals surface area (Å²) in [6.07, 6.45) is -7.56. The van der Waals surface area contributed by atoms with Crippen molar-refractivity contribution in [1.29, 1.82) is 5.26 Å². The number of halogens is 6. The van der Waals surface area contributed by atoms with Gasteiger partial charge in [-0.1, -0.05) is 0 Å². The van der Waals surface area contributed by atoms with Crippen LogP contribution < -0.4 is 0 Å². The zero-order valence-electron chi connectivity index (χ0n) is 7.32. The molecule has 0 fully saturated rings. The Bertz CT molecular complexity index is 449. The molecule has 1 aromatic rings. The first-order chi connectivity index (χ1) is 7.29. The van der Waals surface area contributed by atoms with E-state index in [9.17, 15) is 22.0 Å². The lowest BCUT2D eigenvalue weighted by atomic mass is 10.1. The second-order valence-corrected chi connectivity index (χ2v) is 3.45. The summed E-state index contributed by atoms with van der Waals surface area (Å²) in [4.78, 5) is 3.10. The normalized spacial score (nSPS) is 11.6. The van der Waals surface area contributed by atoms with E-state index >= 15 is 0 Å². The Morgan fingerprint density at radius 3 is 2.31 bits per heavy atom. The molecule has 0 N–H and O–H groups in total. The highest BCUT2D eigenvalue weighted by Crippen LogP contribution is 2.40. The molecule has 0 aliphatic carbocycles. The summed E-state index contributed by atoms with van der Waals surface area (Å²) in [6, 6.07) is 1.25. The first-order valence-electron chi connectivity index (χ1n) is 3.73. The molecule has 1 heterocycles. The minimum Gasteiger partial charge on any atom is -0.253 e. The van der Waals surface area contributed by atoms with Gasteiger partial charge in [0.2, 0.25) is 0 Å². The van der Waals surface area contributed by atoms with Crippen LogP contribution in [0.25, 0.3) is 0 Å². The lowest BCUT2D eigenvalue weighted by Crippen LogP contribution is -2.12. The standard InChI is InChI=1S/C8H2BrF5N2/c9-5-4(8(12,13)14)3(1-15)2-16-6(5)7(10)11/h2,7H. The fourth-order valence-corrected chi connectivity index (χ4v) is 1.73. The van der Waals surface area contributed by atoms with Gasteiger partial charge in [-0.05, 0) is 15.9 Å². The van der Waals surface area contributed by atoms with E-state index in [1.54, 1.807) is 0 Å². The Morgan fingerprint density at radius 2 is 1.94 bits per heavy atom. The van der Waals surface area contributed by atoms with Gasteiger partial charge in [-0.15, -0.1) is 0 Å². The molecule has 86 valence electrons. The van der Waals surface area contributed by atoms with Crippen LogP contribution in [0.5, 0.6) is 0 Å². The first kappa shape index (κ1) is 12.8. The second kappa shape index (κ2) is 4.33. The summed E-state index contributed by atoms with van der Waals surface area (Å²) < 4.78 is 61.1. The number of rotatable bonds is 1. The Kier molecular flexibility index (Phi) is 3.48. The Balaban J connectivity index is 3.55. The number of nitriles is 1. The predicted molar refractivity (Wildman–Crippen MR) is 46.6 cm³/mol. The number of hydrogen-bond donors (Lipinski definition) is 0. The van der Waals surface area contributed by atoms with Gasteiger partial charge in [0.1, 0.15) is 11.8 Å². The molecular weight excluding hydrogens is 299 g/mol. The molecular formula is C8H2BrF5N2. The largest absolute Gasteiger partial charge is 0.418 e. The van der Waals surface area contributed by atoms with Crippen molar-refractivity contribution in [3.8, 4) is 6.07 Å². The van der Waals surface area contributed by atoms with Gasteiger partial charge in [0, 0.05) is 6.20 Å². The number of hydrogen-bond acceptors (Lipinski definition) is 2. The van der Waals surface area contributed by atoms with Crippen LogP contribution in [-0.4, -0.2) is 4.98 Å². The maximum absolute atomic E-state index is 12.5. The minimum absolute atomic E-state index is 0.481. The lowest BCUT2D eigenvalue weighted by Gasteiger charge is -2.12. The van der Waals surface area contributed by atoms with Gasteiger partial charge in [0.25, 0.3) is 6.43 Å². The van der Waals surface area contributed by atoms with E-state index in [1.165, 1.54) is 6.07 Å².